The molecule has 0 aliphatic rings. The molecule has 4 nitrogen and oxygen atoms in total. The Labute approximate surface area is 116 Å². The normalized spacial score (nSPS) is 10.2. The molecule has 0 saturated carbocycles. The van der Waals surface area contributed by atoms with E-state index >= 15 is 0 Å². The summed E-state index contributed by atoms with van der Waals surface area (Å²) < 4.78 is 5.44. The minimum absolute atomic E-state index is 0.00705. The third-order valence-electron chi connectivity index (χ3n) is 2.65. The Morgan fingerprint density at radius 1 is 1.42 bits per heavy atom. The molecule has 2 N–H and O–H groups in total. The Kier molecular flexibility index (Phi) is 4.47. The number of H-pyrrole nitrogens is 1. The Balaban J connectivity index is 1.80. The Bertz CT molecular complexity index is 553. The molecule has 0 bridgehead atoms. The van der Waals surface area contributed by atoms with Crippen LogP contribution in [-0.4, -0.2) is 17.5 Å². The summed E-state index contributed by atoms with van der Waals surface area (Å²) in [5, 5.41) is 3.43. The van der Waals surface area contributed by atoms with E-state index in [0.717, 1.165) is 11.1 Å². The third kappa shape index (κ3) is 4.03. The molecule has 2 rings (SSSR count). The van der Waals surface area contributed by atoms with E-state index < -0.39 is 0 Å². The average molecular weight is 279 g/mol. The second-order valence-electron chi connectivity index (χ2n) is 4.19. The van der Waals surface area contributed by atoms with Gasteiger partial charge in [0.15, 0.2) is 6.61 Å². The Hall–Kier alpha value is -1.94. The zero-order valence-corrected chi connectivity index (χ0v) is 11.3. The SMILES string of the molecule is Cc1cc(Cl)ccc1OCC(=O)NCc1cc[nH]c1. The molecule has 0 fully saturated rings. The molecule has 0 radical (unpaired) electrons. The number of aryl methyl sites for hydroxylation is 1. The maximum Gasteiger partial charge on any atom is 0.258 e. The summed E-state index contributed by atoms with van der Waals surface area (Å²) in [6, 6.07) is 7.21. The molecule has 0 saturated heterocycles. The molecule has 0 atom stereocenters. The summed E-state index contributed by atoms with van der Waals surface area (Å²) in [6.07, 6.45) is 3.65. The van der Waals surface area contributed by atoms with E-state index in [-0.39, 0.29) is 12.5 Å². The van der Waals surface area contributed by atoms with Gasteiger partial charge in [-0.15, -0.1) is 0 Å². The maximum atomic E-state index is 11.6. The van der Waals surface area contributed by atoms with Gasteiger partial charge in [0, 0.05) is 24.0 Å². The van der Waals surface area contributed by atoms with Crippen LogP contribution < -0.4 is 10.1 Å². The van der Waals surface area contributed by atoms with Gasteiger partial charge in [0.2, 0.25) is 0 Å². The van der Waals surface area contributed by atoms with Crippen molar-refractivity contribution in [1.29, 1.82) is 0 Å². The zero-order chi connectivity index (χ0) is 13.7. The minimum atomic E-state index is -0.157. The molecule has 1 amide bonds. The van der Waals surface area contributed by atoms with E-state index in [9.17, 15) is 4.79 Å². The topological polar surface area (TPSA) is 54.1 Å². The van der Waals surface area contributed by atoms with Gasteiger partial charge in [-0.25, -0.2) is 0 Å². The highest BCUT2D eigenvalue weighted by molar-refractivity contribution is 6.30. The molecule has 0 aliphatic carbocycles. The van der Waals surface area contributed by atoms with E-state index in [1.807, 2.05) is 25.4 Å². The Morgan fingerprint density at radius 3 is 2.95 bits per heavy atom. The van der Waals surface area contributed by atoms with Crippen LogP contribution in [0.1, 0.15) is 11.1 Å². The number of nitrogens with one attached hydrogen (secondary N) is 2. The number of carbonyl (C=O) groups excluding carboxylic acids is 1. The molecule has 100 valence electrons. The van der Waals surface area contributed by atoms with Crippen LogP contribution in [0, 0.1) is 6.92 Å². The van der Waals surface area contributed by atoms with Crippen molar-refractivity contribution >= 4 is 17.5 Å². The quantitative estimate of drug-likeness (QED) is 0.883. The highest BCUT2D eigenvalue weighted by Gasteiger charge is 2.05. The number of halogens is 1. The number of ether oxygens (including phenoxy) is 1. The van der Waals surface area contributed by atoms with Crippen LogP contribution in [0.4, 0.5) is 0 Å². The number of rotatable bonds is 5. The number of carbonyl (C=O) groups is 1. The monoisotopic (exact) mass is 278 g/mol. The van der Waals surface area contributed by atoms with Crippen LogP contribution >= 0.6 is 11.6 Å². The molecule has 19 heavy (non-hydrogen) atoms. The lowest BCUT2D eigenvalue weighted by atomic mass is 10.2. The first-order chi connectivity index (χ1) is 9.15. The summed E-state index contributed by atoms with van der Waals surface area (Å²) in [6.45, 7) is 2.37. The number of aromatic amines is 1. The molecule has 1 aromatic heterocycles. The summed E-state index contributed by atoms with van der Waals surface area (Å²) in [5.41, 5.74) is 1.93. The fourth-order valence-electron chi connectivity index (χ4n) is 1.64. The largest absolute Gasteiger partial charge is 0.484 e. The predicted molar refractivity (Wildman–Crippen MR) is 74.3 cm³/mol. The highest BCUT2D eigenvalue weighted by Crippen LogP contribution is 2.21. The summed E-state index contributed by atoms with van der Waals surface area (Å²) >= 11 is 5.85. The molecular formula is C14H15ClN2O2. The highest BCUT2D eigenvalue weighted by atomic mass is 35.5. The van der Waals surface area contributed by atoms with Gasteiger partial charge < -0.3 is 15.0 Å². The number of hydrogen-bond acceptors (Lipinski definition) is 2. The van der Waals surface area contributed by atoms with Gasteiger partial charge in [-0.2, -0.15) is 0 Å². The standard InChI is InChI=1S/C14H15ClN2O2/c1-10-6-12(15)2-3-13(10)19-9-14(18)17-8-11-4-5-16-7-11/h2-7,16H,8-9H2,1H3,(H,17,18). The summed E-state index contributed by atoms with van der Waals surface area (Å²) in [4.78, 5) is 14.5. The number of hydrogen-bond donors (Lipinski definition) is 2. The van der Waals surface area contributed by atoms with Gasteiger partial charge in [0.25, 0.3) is 5.91 Å². The first kappa shape index (κ1) is 13.5. The van der Waals surface area contributed by atoms with Gasteiger partial charge in [-0.3, -0.25) is 4.79 Å². The zero-order valence-electron chi connectivity index (χ0n) is 10.6. The molecule has 5 heteroatoms. The van der Waals surface area contributed by atoms with Crippen molar-refractivity contribution in [1.82, 2.24) is 10.3 Å². The van der Waals surface area contributed by atoms with Gasteiger partial charge in [-0.1, -0.05) is 11.6 Å². The number of aromatic nitrogens is 1. The summed E-state index contributed by atoms with van der Waals surface area (Å²) in [7, 11) is 0. The molecule has 2 aromatic rings. The molecule has 1 aromatic carbocycles. The molecule has 0 unspecified atom stereocenters. The number of amides is 1. The van der Waals surface area contributed by atoms with Crippen LogP contribution in [0.5, 0.6) is 5.75 Å². The fourth-order valence-corrected chi connectivity index (χ4v) is 1.86. The van der Waals surface area contributed by atoms with Crippen molar-refractivity contribution < 1.29 is 9.53 Å². The fraction of sp³-hybridized carbons (Fsp3) is 0.214. The second kappa shape index (κ2) is 6.29. The van der Waals surface area contributed by atoms with Crippen LogP contribution in [0.2, 0.25) is 5.02 Å². The predicted octanol–water partition coefficient (Wildman–Crippen LogP) is 2.67. The summed E-state index contributed by atoms with van der Waals surface area (Å²) in [5.74, 6) is 0.511. The number of benzene rings is 1. The first-order valence-corrected chi connectivity index (χ1v) is 6.30. The lowest BCUT2D eigenvalue weighted by molar-refractivity contribution is -0.123. The van der Waals surface area contributed by atoms with Crippen LogP contribution in [0.3, 0.4) is 0 Å². The van der Waals surface area contributed by atoms with Crippen molar-refractivity contribution in [2.75, 3.05) is 6.61 Å². The lowest BCUT2D eigenvalue weighted by Crippen LogP contribution is -2.28. The van der Waals surface area contributed by atoms with Crippen molar-refractivity contribution in [2.24, 2.45) is 0 Å². The Morgan fingerprint density at radius 2 is 2.26 bits per heavy atom. The lowest BCUT2D eigenvalue weighted by Gasteiger charge is -2.09. The van der Waals surface area contributed by atoms with Gasteiger partial charge >= 0.3 is 0 Å². The van der Waals surface area contributed by atoms with Crippen molar-refractivity contribution in [3.05, 3.63) is 52.8 Å². The van der Waals surface area contributed by atoms with Crippen LogP contribution in [-0.2, 0) is 11.3 Å². The first-order valence-electron chi connectivity index (χ1n) is 5.92. The van der Waals surface area contributed by atoms with E-state index in [1.165, 1.54) is 0 Å². The average Bonchev–Trinajstić information content (AvgIpc) is 2.88. The minimum Gasteiger partial charge on any atom is -0.484 e. The van der Waals surface area contributed by atoms with Gasteiger partial charge in [0.05, 0.1) is 0 Å². The maximum absolute atomic E-state index is 11.6. The van der Waals surface area contributed by atoms with E-state index in [1.54, 1.807) is 18.2 Å². The van der Waals surface area contributed by atoms with E-state index in [2.05, 4.69) is 10.3 Å². The van der Waals surface area contributed by atoms with Crippen LogP contribution in [0.25, 0.3) is 0 Å². The van der Waals surface area contributed by atoms with E-state index in [0.29, 0.717) is 17.3 Å². The molecule has 0 spiro atoms. The molecular weight excluding hydrogens is 264 g/mol. The van der Waals surface area contributed by atoms with Gasteiger partial charge in [-0.05, 0) is 42.3 Å². The smallest absolute Gasteiger partial charge is 0.258 e. The van der Waals surface area contributed by atoms with Gasteiger partial charge in [0.1, 0.15) is 5.75 Å². The molecule has 0 aliphatic heterocycles. The third-order valence-corrected chi connectivity index (χ3v) is 2.88. The van der Waals surface area contributed by atoms with E-state index in [4.69, 9.17) is 16.3 Å². The van der Waals surface area contributed by atoms with Crippen molar-refractivity contribution in [3.63, 3.8) is 0 Å². The molecule has 1 heterocycles. The van der Waals surface area contributed by atoms with Crippen LogP contribution in [0.15, 0.2) is 36.7 Å². The second-order valence-corrected chi connectivity index (χ2v) is 4.63. The van der Waals surface area contributed by atoms with Crippen molar-refractivity contribution in [3.8, 4) is 5.75 Å². The van der Waals surface area contributed by atoms with Crippen molar-refractivity contribution in [2.45, 2.75) is 13.5 Å².